The van der Waals surface area contributed by atoms with Crippen molar-refractivity contribution in [1.29, 1.82) is 0 Å². The van der Waals surface area contributed by atoms with Crippen LogP contribution in [0.1, 0.15) is 29.5 Å². The molecule has 0 radical (unpaired) electrons. The van der Waals surface area contributed by atoms with Gasteiger partial charge in [-0.1, -0.05) is 30.3 Å². The molecule has 1 aliphatic heterocycles. The number of aromatic amines is 1. The lowest BCUT2D eigenvalue weighted by Gasteiger charge is -2.23. The van der Waals surface area contributed by atoms with E-state index in [4.69, 9.17) is 0 Å². The topological polar surface area (TPSA) is 48.1 Å². The van der Waals surface area contributed by atoms with E-state index < -0.39 is 0 Å². The number of nitrogens with one attached hydrogen (secondary N) is 2. The van der Waals surface area contributed by atoms with Gasteiger partial charge >= 0.3 is 0 Å². The molecule has 3 aromatic rings. The van der Waals surface area contributed by atoms with Crippen LogP contribution in [0.5, 0.6) is 0 Å². The number of benzene rings is 2. The summed E-state index contributed by atoms with van der Waals surface area (Å²) in [6.07, 6.45) is 5.41. The number of para-hydroxylation sites is 1. The van der Waals surface area contributed by atoms with Crippen LogP contribution in [0.2, 0.25) is 0 Å². The van der Waals surface area contributed by atoms with Crippen LogP contribution in [-0.4, -0.2) is 31.0 Å². The van der Waals surface area contributed by atoms with Crippen LogP contribution in [0.15, 0.2) is 48.7 Å². The van der Waals surface area contributed by atoms with Gasteiger partial charge in [0.25, 0.3) is 0 Å². The number of fused-ring (bicyclic) bond motifs is 2. The highest BCUT2D eigenvalue weighted by Gasteiger charge is 2.25. The number of rotatable bonds is 5. The Morgan fingerprint density at radius 3 is 2.96 bits per heavy atom. The summed E-state index contributed by atoms with van der Waals surface area (Å²) in [6.45, 7) is 3.89. The number of nitrogens with zero attached hydrogens (tertiary/aromatic N) is 1. The molecule has 0 saturated heterocycles. The van der Waals surface area contributed by atoms with Gasteiger partial charge < -0.3 is 15.2 Å². The zero-order valence-corrected chi connectivity index (χ0v) is 16.8. The predicted molar refractivity (Wildman–Crippen MR) is 116 cm³/mol. The number of amides is 1. The summed E-state index contributed by atoms with van der Waals surface area (Å²) in [7, 11) is 2.01. The predicted octanol–water partition coefficient (Wildman–Crippen LogP) is 4.22. The van der Waals surface area contributed by atoms with Gasteiger partial charge in [-0.25, -0.2) is 0 Å². The summed E-state index contributed by atoms with van der Waals surface area (Å²) in [5.41, 5.74) is 5.97. The molecule has 1 unspecified atom stereocenters. The highest BCUT2D eigenvalue weighted by Crippen LogP contribution is 2.31. The Hall–Kier alpha value is -2.59. The number of carbonyl (C=O) groups excluding carboxylic acids is 1. The molecule has 2 aromatic carbocycles. The van der Waals surface area contributed by atoms with E-state index in [0.29, 0.717) is 12.3 Å². The van der Waals surface area contributed by atoms with Crippen LogP contribution >= 0.6 is 0 Å². The first-order chi connectivity index (χ1) is 13.7. The lowest BCUT2D eigenvalue weighted by Crippen LogP contribution is -2.32. The quantitative estimate of drug-likeness (QED) is 0.701. The highest BCUT2D eigenvalue weighted by molar-refractivity contribution is 5.95. The first-order valence-electron chi connectivity index (χ1n) is 10.2. The van der Waals surface area contributed by atoms with Crippen LogP contribution in [0.4, 0.5) is 5.69 Å². The van der Waals surface area contributed by atoms with Gasteiger partial charge in [0.2, 0.25) is 5.91 Å². The number of aromatic nitrogens is 1. The van der Waals surface area contributed by atoms with Crippen LogP contribution in [0.25, 0.3) is 10.9 Å². The molecule has 1 amide bonds. The van der Waals surface area contributed by atoms with Gasteiger partial charge in [-0.15, -0.1) is 0 Å². The number of hydrogen-bond donors (Lipinski definition) is 2. The fraction of sp³-hybridized carbons (Fsp3) is 0.375. The highest BCUT2D eigenvalue weighted by atomic mass is 16.2. The molecule has 1 aromatic heterocycles. The van der Waals surface area contributed by atoms with E-state index >= 15 is 0 Å². The first kappa shape index (κ1) is 18.8. The summed E-state index contributed by atoms with van der Waals surface area (Å²) in [4.78, 5) is 18.6. The normalized spacial score (nSPS) is 16.8. The fourth-order valence-corrected chi connectivity index (χ4v) is 4.38. The van der Waals surface area contributed by atoms with Crippen molar-refractivity contribution in [2.45, 2.75) is 32.6 Å². The Bertz CT molecular complexity index is 975. The Morgan fingerprint density at radius 1 is 1.25 bits per heavy atom. The average Bonchev–Trinajstić information content (AvgIpc) is 3.02. The van der Waals surface area contributed by atoms with Crippen molar-refractivity contribution in [3.63, 3.8) is 0 Å². The van der Waals surface area contributed by atoms with Crippen molar-refractivity contribution in [3.8, 4) is 0 Å². The molecule has 2 N–H and O–H groups in total. The van der Waals surface area contributed by atoms with Gasteiger partial charge in [-0.05, 0) is 74.5 Å². The molecule has 28 heavy (non-hydrogen) atoms. The molecule has 4 nitrogen and oxygen atoms in total. The number of aryl methyl sites for hydroxylation is 2. The summed E-state index contributed by atoms with van der Waals surface area (Å²) in [6, 6.07) is 14.8. The van der Waals surface area contributed by atoms with E-state index in [2.05, 4.69) is 53.6 Å². The SMILES string of the molecule is CNCC1CCN(C(=O)CCc2c[nH]c3ccccc23)c2cc(C)ccc2C1. The van der Waals surface area contributed by atoms with Crippen molar-refractivity contribution in [2.75, 3.05) is 25.0 Å². The van der Waals surface area contributed by atoms with E-state index in [1.807, 2.05) is 24.2 Å². The Morgan fingerprint density at radius 2 is 2.11 bits per heavy atom. The zero-order valence-electron chi connectivity index (χ0n) is 16.8. The molecule has 4 heteroatoms. The van der Waals surface area contributed by atoms with Crippen molar-refractivity contribution in [2.24, 2.45) is 5.92 Å². The molecule has 1 aliphatic rings. The Labute approximate surface area is 166 Å². The number of carbonyl (C=O) groups is 1. The maximum atomic E-state index is 13.2. The van der Waals surface area contributed by atoms with Crippen LogP contribution in [0.3, 0.4) is 0 Å². The molecule has 0 spiro atoms. The molecule has 0 fully saturated rings. The van der Waals surface area contributed by atoms with E-state index in [1.54, 1.807) is 0 Å². The maximum Gasteiger partial charge on any atom is 0.227 e. The van der Waals surface area contributed by atoms with Crippen molar-refractivity contribution >= 4 is 22.5 Å². The standard InChI is InChI=1S/C24H29N3O/c1-17-7-8-19-14-18(15-25-2)11-12-27(23(19)13-17)24(28)10-9-20-16-26-22-6-4-3-5-21(20)22/h3-8,13,16,18,25-26H,9-12,14-15H2,1-2H3. The fourth-order valence-electron chi connectivity index (χ4n) is 4.38. The second-order valence-electron chi connectivity index (χ2n) is 7.95. The minimum Gasteiger partial charge on any atom is -0.361 e. The molecule has 2 heterocycles. The van der Waals surface area contributed by atoms with Crippen molar-refractivity contribution in [3.05, 3.63) is 65.4 Å². The summed E-state index contributed by atoms with van der Waals surface area (Å²) >= 11 is 0. The second-order valence-corrected chi connectivity index (χ2v) is 7.95. The van der Waals surface area contributed by atoms with Gasteiger partial charge in [0.15, 0.2) is 0 Å². The summed E-state index contributed by atoms with van der Waals surface area (Å²) in [5, 5.41) is 4.52. The van der Waals surface area contributed by atoms with Gasteiger partial charge in [-0.3, -0.25) is 4.79 Å². The first-order valence-corrected chi connectivity index (χ1v) is 10.2. The molecule has 146 valence electrons. The molecule has 0 saturated carbocycles. The van der Waals surface area contributed by atoms with Crippen LogP contribution < -0.4 is 10.2 Å². The largest absolute Gasteiger partial charge is 0.361 e. The van der Waals surface area contributed by atoms with Crippen LogP contribution in [0, 0.1) is 12.8 Å². The maximum absolute atomic E-state index is 13.2. The van der Waals surface area contributed by atoms with Crippen LogP contribution in [-0.2, 0) is 17.6 Å². The molecule has 0 aliphatic carbocycles. The smallest absolute Gasteiger partial charge is 0.227 e. The Kier molecular flexibility index (Phi) is 5.49. The Balaban J connectivity index is 1.54. The van der Waals surface area contributed by atoms with Crippen molar-refractivity contribution < 1.29 is 4.79 Å². The van der Waals surface area contributed by atoms with E-state index in [-0.39, 0.29) is 5.91 Å². The number of hydrogen-bond acceptors (Lipinski definition) is 2. The molecular weight excluding hydrogens is 346 g/mol. The molecule has 1 atom stereocenters. The third-order valence-corrected chi connectivity index (χ3v) is 5.88. The van der Waals surface area contributed by atoms with Gasteiger partial charge in [-0.2, -0.15) is 0 Å². The second kappa shape index (κ2) is 8.19. The third kappa shape index (κ3) is 3.83. The van der Waals surface area contributed by atoms with Gasteiger partial charge in [0.1, 0.15) is 0 Å². The summed E-state index contributed by atoms with van der Waals surface area (Å²) < 4.78 is 0. The van der Waals surface area contributed by atoms with Gasteiger partial charge in [0.05, 0.1) is 0 Å². The zero-order chi connectivity index (χ0) is 19.5. The minimum atomic E-state index is 0.224. The van der Waals surface area contributed by atoms with Crippen molar-refractivity contribution in [1.82, 2.24) is 10.3 Å². The molecule has 0 bridgehead atoms. The lowest BCUT2D eigenvalue weighted by molar-refractivity contribution is -0.118. The van der Waals surface area contributed by atoms with Gasteiger partial charge in [0, 0.05) is 35.8 Å². The summed E-state index contributed by atoms with van der Waals surface area (Å²) in [5.74, 6) is 0.792. The monoisotopic (exact) mass is 375 g/mol. The number of H-pyrrole nitrogens is 1. The molecular formula is C24H29N3O. The van der Waals surface area contributed by atoms with E-state index in [0.717, 1.165) is 43.6 Å². The average molecular weight is 376 g/mol. The lowest BCUT2D eigenvalue weighted by atomic mass is 9.96. The van der Waals surface area contributed by atoms with E-state index in [9.17, 15) is 4.79 Å². The minimum absolute atomic E-state index is 0.224. The van der Waals surface area contributed by atoms with E-state index in [1.165, 1.54) is 22.1 Å². The third-order valence-electron chi connectivity index (χ3n) is 5.88. The number of anilines is 1. The molecule has 4 rings (SSSR count).